The fourth-order valence-corrected chi connectivity index (χ4v) is 2.48. The van der Waals surface area contributed by atoms with Crippen LogP contribution in [0.4, 0.5) is 0 Å². The Morgan fingerprint density at radius 3 is 2.50 bits per heavy atom. The number of nitrogens with one attached hydrogen (secondary N) is 1. The average Bonchev–Trinajstić information content (AvgIpc) is 2.53. The van der Waals surface area contributed by atoms with E-state index >= 15 is 0 Å². The van der Waals surface area contributed by atoms with Gasteiger partial charge < -0.3 is 15.0 Å². The minimum absolute atomic E-state index is 0.0825. The van der Waals surface area contributed by atoms with Crippen LogP contribution in [0.15, 0.2) is 24.3 Å². The molecule has 0 atom stereocenters. The van der Waals surface area contributed by atoms with Gasteiger partial charge >= 0.3 is 0 Å². The second kappa shape index (κ2) is 7.29. The summed E-state index contributed by atoms with van der Waals surface area (Å²) in [5, 5.41) is 3.26. The lowest BCUT2D eigenvalue weighted by atomic mass is 10.1. The SMILES string of the molecule is CCc1ccc(OCC(=O)N2CCC(NC)CC2)cc1. The summed E-state index contributed by atoms with van der Waals surface area (Å²) in [6.07, 6.45) is 3.06. The first-order valence-corrected chi connectivity index (χ1v) is 7.39. The third kappa shape index (κ3) is 3.97. The fourth-order valence-electron chi connectivity index (χ4n) is 2.48. The molecular formula is C16H24N2O2. The third-order valence-corrected chi connectivity index (χ3v) is 3.95. The molecule has 1 fully saturated rings. The number of amides is 1. The minimum atomic E-state index is 0.0825. The Balaban J connectivity index is 1.77. The first-order chi connectivity index (χ1) is 9.72. The molecule has 20 heavy (non-hydrogen) atoms. The van der Waals surface area contributed by atoms with E-state index in [0.717, 1.165) is 38.1 Å². The van der Waals surface area contributed by atoms with Gasteiger partial charge in [0.15, 0.2) is 6.61 Å². The van der Waals surface area contributed by atoms with Gasteiger partial charge in [-0.25, -0.2) is 0 Å². The number of likely N-dealkylation sites (tertiary alicyclic amines) is 1. The first kappa shape index (κ1) is 14.9. The van der Waals surface area contributed by atoms with Gasteiger partial charge in [0.05, 0.1) is 0 Å². The standard InChI is InChI=1S/C16H24N2O2/c1-3-13-4-6-15(7-5-13)20-12-16(19)18-10-8-14(17-2)9-11-18/h4-7,14,17H,3,8-12H2,1-2H3. The van der Waals surface area contributed by atoms with Crippen molar-refractivity contribution >= 4 is 5.91 Å². The topological polar surface area (TPSA) is 41.6 Å². The van der Waals surface area contributed by atoms with Gasteiger partial charge in [-0.2, -0.15) is 0 Å². The van der Waals surface area contributed by atoms with Crippen LogP contribution >= 0.6 is 0 Å². The predicted octanol–water partition coefficient (Wildman–Crippen LogP) is 1.84. The number of nitrogens with zero attached hydrogens (tertiary/aromatic N) is 1. The molecule has 0 bridgehead atoms. The van der Waals surface area contributed by atoms with E-state index in [2.05, 4.69) is 12.2 Å². The Bertz CT molecular complexity index is 423. The van der Waals surface area contributed by atoms with Crippen LogP contribution in [-0.4, -0.2) is 43.6 Å². The van der Waals surface area contributed by atoms with Gasteiger partial charge in [-0.1, -0.05) is 19.1 Å². The Kier molecular flexibility index (Phi) is 5.41. The van der Waals surface area contributed by atoms with Crippen LogP contribution in [0.3, 0.4) is 0 Å². The van der Waals surface area contributed by atoms with Crippen molar-refractivity contribution in [3.05, 3.63) is 29.8 Å². The van der Waals surface area contributed by atoms with Crippen molar-refractivity contribution < 1.29 is 9.53 Å². The van der Waals surface area contributed by atoms with Crippen LogP contribution in [-0.2, 0) is 11.2 Å². The van der Waals surface area contributed by atoms with Gasteiger partial charge in [0.1, 0.15) is 5.75 Å². The molecule has 0 radical (unpaired) electrons. The molecule has 2 rings (SSSR count). The van der Waals surface area contributed by atoms with Gasteiger partial charge in [-0.15, -0.1) is 0 Å². The normalized spacial score (nSPS) is 16.2. The summed E-state index contributed by atoms with van der Waals surface area (Å²) < 4.78 is 5.57. The molecule has 1 aliphatic heterocycles. The maximum atomic E-state index is 12.1. The van der Waals surface area contributed by atoms with E-state index in [4.69, 9.17) is 4.74 Å². The minimum Gasteiger partial charge on any atom is -0.484 e. The van der Waals surface area contributed by atoms with Gasteiger partial charge in [-0.05, 0) is 44.0 Å². The second-order valence-electron chi connectivity index (χ2n) is 5.23. The molecule has 1 N–H and O–H groups in total. The van der Waals surface area contributed by atoms with E-state index in [-0.39, 0.29) is 12.5 Å². The summed E-state index contributed by atoms with van der Waals surface area (Å²) in [7, 11) is 1.98. The molecule has 0 aliphatic carbocycles. The first-order valence-electron chi connectivity index (χ1n) is 7.39. The van der Waals surface area contributed by atoms with Crippen molar-refractivity contribution in [1.29, 1.82) is 0 Å². The molecule has 0 spiro atoms. The number of carbonyl (C=O) groups is 1. The highest BCUT2D eigenvalue weighted by Crippen LogP contribution is 2.14. The lowest BCUT2D eigenvalue weighted by molar-refractivity contribution is -0.134. The Labute approximate surface area is 121 Å². The zero-order chi connectivity index (χ0) is 14.4. The third-order valence-electron chi connectivity index (χ3n) is 3.95. The monoisotopic (exact) mass is 276 g/mol. The number of aryl methyl sites for hydroxylation is 1. The summed E-state index contributed by atoms with van der Waals surface area (Å²) in [5.41, 5.74) is 1.28. The highest BCUT2D eigenvalue weighted by Gasteiger charge is 2.21. The molecular weight excluding hydrogens is 252 g/mol. The van der Waals surface area contributed by atoms with E-state index in [1.54, 1.807) is 0 Å². The molecule has 0 aromatic heterocycles. The Hall–Kier alpha value is -1.55. The molecule has 1 aliphatic rings. The predicted molar refractivity (Wildman–Crippen MR) is 80.0 cm³/mol. The Morgan fingerprint density at radius 2 is 1.95 bits per heavy atom. The second-order valence-corrected chi connectivity index (χ2v) is 5.23. The van der Waals surface area contributed by atoms with Gasteiger partial charge in [-0.3, -0.25) is 4.79 Å². The molecule has 1 saturated heterocycles. The Morgan fingerprint density at radius 1 is 1.30 bits per heavy atom. The zero-order valence-corrected chi connectivity index (χ0v) is 12.4. The molecule has 1 aromatic rings. The maximum Gasteiger partial charge on any atom is 0.260 e. The smallest absolute Gasteiger partial charge is 0.260 e. The molecule has 4 heteroatoms. The van der Waals surface area contributed by atoms with Gasteiger partial charge in [0.25, 0.3) is 5.91 Å². The summed E-state index contributed by atoms with van der Waals surface area (Å²) in [4.78, 5) is 14.0. The van der Waals surface area contributed by atoms with Crippen LogP contribution in [0.25, 0.3) is 0 Å². The maximum absolute atomic E-state index is 12.1. The van der Waals surface area contributed by atoms with Crippen molar-refractivity contribution in [2.45, 2.75) is 32.2 Å². The summed E-state index contributed by atoms with van der Waals surface area (Å²) in [6, 6.07) is 8.48. The number of piperidine rings is 1. The number of hydrogen-bond donors (Lipinski definition) is 1. The van der Waals surface area contributed by atoms with Crippen LogP contribution in [0.1, 0.15) is 25.3 Å². The molecule has 1 amide bonds. The quantitative estimate of drug-likeness (QED) is 0.892. The highest BCUT2D eigenvalue weighted by atomic mass is 16.5. The summed E-state index contributed by atoms with van der Waals surface area (Å²) >= 11 is 0. The average molecular weight is 276 g/mol. The van der Waals surface area contributed by atoms with Crippen LogP contribution in [0.5, 0.6) is 5.75 Å². The lowest BCUT2D eigenvalue weighted by Gasteiger charge is -2.31. The molecule has 0 saturated carbocycles. The zero-order valence-electron chi connectivity index (χ0n) is 12.4. The van der Waals surface area contributed by atoms with Crippen molar-refractivity contribution in [2.24, 2.45) is 0 Å². The van der Waals surface area contributed by atoms with E-state index in [9.17, 15) is 4.79 Å². The van der Waals surface area contributed by atoms with Gasteiger partial charge in [0.2, 0.25) is 0 Å². The highest BCUT2D eigenvalue weighted by molar-refractivity contribution is 5.77. The number of rotatable bonds is 5. The molecule has 1 heterocycles. The molecule has 4 nitrogen and oxygen atoms in total. The molecule has 1 aromatic carbocycles. The van der Waals surface area contributed by atoms with Crippen molar-refractivity contribution in [1.82, 2.24) is 10.2 Å². The number of ether oxygens (including phenoxy) is 1. The van der Waals surface area contributed by atoms with Crippen LogP contribution in [0.2, 0.25) is 0 Å². The number of benzene rings is 1. The van der Waals surface area contributed by atoms with Crippen LogP contribution in [0, 0.1) is 0 Å². The van der Waals surface area contributed by atoms with Gasteiger partial charge in [0, 0.05) is 19.1 Å². The van der Waals surface area contributed by atoms with E-state index in [1.165, 1.54) is 5.56 Å². The largest absolute Gasteiger partial charge is 0.484 e. The van der Waals surface area contributed by atoms with E-state index < -0.39 is 0 Å². The summed E-state index contributed by atoms with van der Waals surface area (Å²) in [6.45, 7) is 3.90. The number of hydrogen-bond acceptors (Lipinski definition) is 3. The fraction of sp³-hybridized carbons (Fsp3) is 0.562. The lowest BCUT2D eigenvalue weighted by Crippen LogP contribution is -2.45. The van der Waals surface area contributed by atoms with E-state index in [0.29, 0.717) is 6.04 Å². The molecule has 0 unspecified atom stereocenters. The number of carbonyl (C=O) groups excluding carboxylic acids is 1. The van der Waals surface area contributed by atoms with Crippen LogP contribution < -0.4 is 10.1 Å². The summed E-state index contributed by atoms with van der Waals surface area (Å²) in [5.74, 6) is 0.847. The molecule has 110 valence electrons. The van der Waals surface area contributed by atoms with E-state index in [1.807, 2.05) is 36.2 Å². The van der Waals surface area contributed by atoms with Crippen molar-refractivity contribution in [2.75, 3.05) is 26.7 Å². The van der Waals surface area contributed by atoms with Crippen molar-refractivity contribution in [3.63, 3.8) is 0 Å². The van der Waals surface area contributed by atoms with Crippen molar-refractivity contribution in [3.8, 4) is 5.75 Å².